The zero-order valence-corrected chi connectivity index (χ0v) is 17.9. The maximum Gasteiger partial charge on any atom is 0.329 e. The Labute approximate surface area is 180 Å². The molecule has 0 saturated heterocycles. The van der Waals surface area contributed by atoms with Crippen LogP contribution in [0.2, 0.25) is 5.02 Å². The molecule has 2 rings (SSSR count). The Morgan fingerprint density at radius 1 is 1.28 bits per heavy atom. The van der Waals surface area contributed by atoms with E-state index >= 15 is 0 Å². The van der Waals surface area contributed by atoms with Crippen molar-refractivity contribution >= 4 is 45.6 Å². The Morgan fingerprint density at radius 3 is 2.69 bits per heavy atom. The topological polar surface area (TPSA) is 89.0 Å². The molecule has 7 nitrogen and oxygen atoms in total. The minimum Gasteiger partial charge on any atom is -0.490 e. The first-order valence-electron chi connectivity index (χ1n) is 8.44. The average Bonchev–Trinajstić information content (AvgIpc) is 2.68. The van der Waals surface area contributed by atoms with Gasteiger partial charge in [0, 0.05) is 12.6 Å². The van der Waals surface area contributed by atoms with Gasteiger partial charge in [0.25, 0.3) is 0 Å². The maximum absolute atomic E-state index is 14.0. The van der Waals surface area contributed by atoms with Crippen LogP contribution in [-0.4, -0.2) is 31.7 Å². The summed E-state index contributed by atoms with van der Waals surface area (Å²) in [6.45, 7) is 2.06. The first-order chi connectivity index (χ1) is 13.9. The molecule has 2 amide bonds. The van der Waals surface area contributed by atoms with Gasteiger partial charge in [-0.1, -0.05) is 17.7 Å². The minimum atomic E-state index is -0.894. The number of nitrogens with one attached hydrogen (secondary N) is 2. The van der Waals surface area contributed by atoms with Crippen molar-refractivity contribution in [3.63, 3.8) is 0 Å². The molecular formula is C19H18BrClFN3O4. The second kappa shape index (κ2) is 10.8. The van der Waals surface area contributed by atoms with Crippen LogP contribution >= 0.6 is 27.5 Å². The molecule has 0 aromatic heterocycles. The zero-order chi connectivity index (χ0) is 21.4. The lowest BCUT2D eigenvalue weighted by Crippen LogP contribution is -2.35. The van der Waals surface area contributed by atoms with Gasteiger partial charge in [0.2, 0.25) is 0 Å². The predicted molar refractivity (Wildman–Crippen MR) is 111 cm³/mol. The van der Waals surface area contributed by atoms with Crippen LogP contribution in [0.3, 0.4) is 0 Å². The predicted octanol–water partition coefficient (Wildman–Crippen LogP) is 3.42. The Kier molecular flexibility index (Phi) is 8.41. The summed E-state index contributed by atoms with van der Waals surface area (Å²) in [5.41, 5.74) is 2.89. The molecule has 154 valence electrons. The average molecular weight is 487 g/mol. The Hall–Kier alpha value is -2.65. The molecule has 2 aromatic carbocycles. The van der Waals surface area contributed by atoms with Crippen molar-refractivity contribution in [2.24, 2.45) is 5.10 Å². The molecule has 0 bridgehead atoms. The van der Waals surface area contributed by atoms with Gasteiger partial charge in [-0.2, -0.15) is 5.10 Å². The molecule has 0 radical (unpaired) electrons. The molecule has 0 atom stereocenters. The Morgan fingerprint density at radius 2 is 2.03 bits per heavy atom. The SMILES string of the molecule is CCOc1cc(/C=N\NC(=O)C(=O)NC)cc(Br)c1OCc1c(F)cccc1Cl. The fraction of sp³-hybridized carbons (Fsp3) is 0.211. The third-order valence-corrected chi connectivity index (χ3v) is 4.51. The molecule has 0 saturated carbocycles. The van der Waals surface area contributed by atoms with Gasteiger partial charge in [-0.25, -0.2) is 9.82 Å². The molecule has 0 heterocycles. The molecule has 0 aliphatic carbocycles. The highest BCUT2D eigenvalue weighted by Crippen LogP contribution is 2.37. The highest BCUT2D eigenvalue weighted by atomic mass is 79.9. The number of likely N-dealkylation sites (N-methyl/N-ethyl adjacent to an activating group) is 1. The van der Waals surface area contributed by atoms with Gasteiger partial charge in [0.15, 0.2) is 11.5 Å². The lowest BCUT2D eigenvalue weighted by Gasteiger charge is -2.15. The van der Waals surface area contributed by atoms with E-state index in [0.717, 1.165) is 0 Å². The summed E-state index contributed by atoms with van der Waals surface area (Å²) in [7, 11) is 1.34. The van der Waals surface area contributed by atoms with Crippen molar-refractivity contribution in [3.05, 3.63) is 56.8 Å². The van der Waals surface area contributed by atoms with Gasteiger partial charge in [-0.15, -0.1) is 0 Å². The van der Waals surface area contributed by atoms with Gasteiger partial charge in [-0.3, -0.25) is 9.59 Å². The van der Waals surface area contributed by atoms with Crippen molar-refractivity contribution in [1.82, 2.24) is 10.7 Å². The largest absolute Gasteiger partial charge is 0.490 e. The number of ether oxygens (including phenoxy) is 2. The number of hydrogen-bond donors (Lipinski definition) is 2. The third-order valence-electron chi connectivity index (χ3n) is 3.57. The number of nitrogens with zero attached hydrogens (tertiary/aromatic N) is 1. The number of hydrazone groups is 1. The van der Waals surface area contributed by atoms with Crippen molar-refractivity contribution in [2.45, 2.75) is 13.5 Å². The highest BCUT2D eigenvalue weighted by molar-refractivity contribution is 9.10. The number of carbonyl (C=O) groups excluding carboxylic acids is 2. The van der Waals surface area contributed by atoms with Crippen molar-refractivity contribution < 1.29 is 23.5 Å². The van der Waals surface area contributed by atoms with Gasteiger partial charge >= 0.3 is 11.8 Å². The van der Waals surface area contributed by atoms with Crippen LogP contribution in [0.5, 0.6) is 11.5 Å². The summed E-state index contributed by atoms with van der Waals surface area (Å²) < 4.78 is 25.8. The van der Waals surface area contributed by atoms with Gasteiger partial charge in [0.05, 0.1) is 22.3 Å². The van der Waals surface area contributed by atoms with Gasteiger partial charge in [-0.05, 0) is 52.7 Å². The van der Waals surface area contributed by atoms with Crippen LogP contribution in [-0.2, 0) is 16.2 Å². The van der Waals surface area contributed by atoms with E-state index in [0.29, 0.717) is 28.1 Å². The number of benzene rings is 2. The Balaban J connectivity index is 2.21. The van der Waals surface area contributed by atoms with Crippen LogP contribution < -0.4 is 20.2 Å². The van der Waals surface area contributed by atoms with Gasteiger partial charge < -0.3 is 14.8 Å². The van der Waals surface area contributed by atoms with Gasteiger partial charge in [0.1, 0.15) is 12.4 Å². The molecule has 29 heavy (non-hydrogen) atoms. The lowest BCUT2D eigenvalue weighted by molar-refractivity contribution is -0.138. The van der Waals surface area contributed by atoms with Crippen LogP contribution in [0.25, 0.3) is 0 Å². The molecule has 0 spiro atoms. The number of halogens is 3. The number of rotatable bonds is 7. The molecule has 0 aliphatic heterocycles. The molecule has 2 N–H and O–H groups in total. The monoisotopic (exact) mass is 485 g/mol. The third kappa shape index (κ3) is 6.16. The first kappa shape index (κ1) is 22.6. The molecule has 0 unspecified atom stereocenters. The quantitative estimate of drug-likeness (QED) is 0.357. The summed E-state index contributed by atoms with van der Waals surface area (Å²) in [6.07, 6.45) is 1.34. The molecule has 10 heteroatoms. The van der Waals surface area contributed by atoms with E-state index in [9.17, 15) is 14.0 Å². The molecule has 0 aliphatic rings. The normalized spacial score (nSPS) is 10.7. The van der Waals surface area contributed by atoms with E-state index in [1.165, 1.54) is 25.4 Å². The second-order valence-corrected chi connectivity index (χ2v) is 6.79. The molecular weight excluding hydrogens is 469 g/mol. The smallest absolute Gasteiger partial charge is 0.329 e. The summed E-state index contributed by atoms with van der Waals surface area (Å²) in [6, 6.07) is 7.68. The Bertz CT molecular complexity index is 920. The molecule has 0 fully saturated rings. The zero-order valence-electron chi connectivity index (χ0n) is 15.6. The highest BCUT2D eigenvalue weighted by Gasteiger charge is 2.15. The summed E-state index contributed by atoms with van der Waals surface area (Å²) in [4.78, 5) is 22.5. The fourth-order valence-electron chi connectivity index (χ4n) is 2.21. The van der Waals surface area contributed by atoms with Crippen molar-refractivity contribution in [3.8, 4) is 11.5 Å². The summed E-state index contributed by atoms with van der Waals surface area (Å²) in [5.74, 6) is -1.43. The van der Waals surface area contributed by atoms with Crippen LogP contribution in [0, 0.1) is 5.82 Å². The number of amides is 2. The van der Waals surface area contributed by atoms with E-state index in [2.05, 4.69) is 31.8 Å². The van der Waals surface area contributed by atoms with E-state index < -0.39 is 17.6 Å². The van der Waals surface area contributed by atoms with E-state index in [1.807, 2.05) is 0 Å². The number of hydrogen-bond acceptors (Lipinski definition) is 5. The van der Waals surface area contributed by atoms with E-state index in [4.69, 9.17) is 21.1 Å². The first-order valence-corrected chi connectivity index (χ1v) is 9.61. The van der Waals surface area contributed by atoms with E-state index in [-0.39, 0.29) is 17.2 Å². The van der Waals surface area contributed by atoms with E-state index in [1.54, 1.807) is 25.1 Å². The van der Waals surface area contributed by atoms with Crippen molar-refractivity contribution in [1.29, 1.82) is 0 Å². The maximum atomic E-state index is 14.0. The standard InChI is InChI=1S/C19H18BrClFN3O4/c1-3-28-16-8-11(9-24-25-19(27)18(26)23-2)7-13(20)17(16)29-10-12-14(21)5-4-6-15(12)22/h4-9H,3,10H2,1-2H3,(H,23,26)(H,25,27)/b24-9-. The fourth-order valence-corrected chi connectivity index (χ4v) is 3.00. The minimum absolute atomic E-state index is 0.0974. The lowest BCUT2D eigenvalue weighted by atomic mass is 10.2. The summed E-state index contributed by atoms with van der Waals surface area (Å²) in [5, 5.41) is 6.17. The van der Waals surface area contributed by atoms with Crippen LogP contribution in [0.4, 0.5) is 4.39 Å². The van der Waals surface area contributed by atoms with Crippen LogP contribution in [0.15, 0.2) is 39.9 Å². The van der Waals surface area contributed by atoms with Crippen LogP contribution in [0.1, 0.15) is 18.1 Å². The number of carbonyl (C=O) groups is 2. The van der Waals surface area contributed by atoms with Crippen molar-refractivity contribution in [2.75, 3.05) is 13.7 Å². The second-order valence-electron chi connectivity index (χ2n) is 5.53. The summed E-state index contributed by atoms with van der Waals surface area (Å²) >= 11 is 9.42. The molecule has 2 aromatic rings.